The average Bonchev–Trinajstić information content (AvgIpc) is 3.98. The van der Waals surface area contributed by atoms with E-state index in [4.69, 9.17) is 28.4 Å². The van der Waals surface area contributed by atoms with Crippen LogP contribution in [0.2, 0.25) is 0 Å². The Balaban J connectivity index is 0.935. The predicted molar refractivity (Wildman–Crippen MR) is 161 cm³/mol. The van der Waals surface area contributed by atoms with Crippen LogP contribution in [-0.4, -0.2) is 48.8 Å². The smallest absolute Gasteiger partial charge is 0.242 e. The van der Waals surface area contributed by atoms with Gasteiger partial charge in [0.05, 0.1) is 13.2 Å². The molecule has 8 nitrogen and oxygen atoms in total. The molecule has 43 heavy (non-hydrogen) atoms. The molecule has 2 unspecified atom stereocenters. The summed E-state index contributed by atoms with van der Waals surface area (Å²) in [5.74, 6) is 3.84. The number of aryl methyl sites for hydroxylation is 1. The van der Waals surface area contributed by atoms with Gasteiger partial charge in [0.1, 0.15) is 48.4 Å². The summed E-state index contributed by atoms with van der Waals surface area (Å²) in [6.45, 7) is 4.68. The fourth-order valence-electron chi connectivity index (χ4n) is 4.46. The Kier molecular flexibility index (Phi) is 7.60. The Morgan fingerprint density at radius 1 is 0.558 bits per heavy atom. The molecule has 8 heteroatoms. The number of ether oxygens (including phenoxy) is 6. The van der Waals surface area contributed by atoms with Crippen LogP contribution in [0, 0.1) is 6.92 Å². The van der Waals surface area contributed by atoms with Crippen LogP contribution in [0.1, 0.15) is 5.56 Å². The lowest BCUT2D eigenvalue weighted by Crippen LogP contribution is -2.03. The lowest BCUT2D eigenvalue weighted by Gasteiger charge is -2.10. The van der Waals surface area contributed by atoms with Crippen LogP contribution in [0.4, 0.5) is 0 Å². The third kappa shape index (κ3) is 7.12. The number of hydrogen-bond donors (Lipinski definition) is 0. The summed E-state index contributed by atoms with van der Waals surface area (Å²) in [5.41, 5.74) is 5.15. The molecule has 0 saturated carbocycles. The largest absolute Gasteiger partial charge is 0.491 e. The van der Waals surface area contributed by atoms with Gasteiger partial charge in [0.25, 0.3) is 0 Å². The fourth-order valence-corrected chi connectivity index (χ4v) is 4.46. The molecule has 0 amide bonds. The summed E-state index contributed by atoms with van der Waals surface area (Å²) < 4.78 is 33.8. The molecule has 1 aromatic heterocycles. The highest BCUT2D eigenvalue weighted by atomic mass is 16.6. The molecule has 2 aliphatic heterocycles. The van der Waals surface area contributed by atoms with E-state index in [0.717, 1.165) is 52.5 Å². The monoisotopic (exact) mass is 574 g/mol. The molecule has 2 aliphatic rings. The summed E-state index contributed by atoms with van der Waals surface area (Å²) in [7, 11) is 0. The van der Waals surface area contributed by atoms with Gasteiger partial charge in [-0.1, -0.05) is 48.5 Å². The Morgan fingerprint density at radius 3 is 1.35 bits per heavy atom. The topological polar surface area (TPSA) is 87.8 Å². The van der Waals surface area contributed by atoms with Gasteiger partial charge in [-0.15, -0.1) is 10.2 Å². The van der Waals surface area contributed by atoms with Crippen molar-refractivity contribution in [2.24, 2.45) is 0 Å². The quantitative estimate of drug-likeness (QED) is 0.144. The minimum atomic E-state index is 0.241. The minimum absolute atomic E-state index is 0.241. The Morgan fingerprint density at radius 2 is 0.953 bits per heavy atom. The van der Waals surface area contributed by atoms with E-state index in [2.05, 4.69) is 10.2 Å². The molecule has 216 valence electrons. The molecule has 2 saturated heterocycles. The number of aromatic nitrogens is 2. The summed E-state index contributed by atoms with van der Waals surface area (Å²) in [4.78, 5) is 0. The highest BCUT2D eigenvalue weighted by Gasteiger charge is 2.23. The molecule has 0 radical (unpaired) electrons. The maximum Gasteiger partial charge on any atom is 0.242 e. The molecule has 0 bridgehead atoms. The van der Waals surface area contributed by atoms with Crippen molar-refractivity contribution in [2.75, 3.05) is 26.4 Å². The Bertz CT molecular complexity index is 1660. The number of rotatable bonds is 12. The molecular formula is C35H30N2O6. The third-order valence-electron chi connectivity index (χ3n) is 7.11. The number of epoxide rings is 2. The second kappa shape index (κ2) is 12.1. The van der Waals surface area contributed by atoms with Crippen molar-refractivity contribution in [2.45, 2.75) is 19.1 Å². The van der Waals surface area contributed by atoms with Gasteiger partial charge < -0.3 is 28.4 Å². The second-order valence-electron chi connectivity index (χ2n) is 10.5. The van der Waals surface area contributed by atoms with E-state index in [1.807, 2.05) is 110 Å². The van der Waals surface area contributed by atoms with Crippen LogP contribution in [0.25, 0.3) is 22.3 Å². The average molecular weight is 575 g/mol. The van der Waals surface area contributed by atoms with Gasteiger partial charge in [0.15, 0.2) is 0 Å². The van der Waals surface area contributed by atoms with Gasteiger partial charge in [0, 0.05) is 11.6 Å². The molecule has 0 aliphatic carbocycles. The maximum absolute atomic E-state index is 6.01. The minimum Gasteiger partial charge on any atom is -0.491 e. The van der Waals surface area contributed by atoms with Crippen molar-refractivity contribution in [3.8, 4) is 57.0 Å². The van der Waals surface area contributed by atoms with Crippen molar-refractivity contribution in [3.05, 3.63) is 109 Å². The van der Waals surface area contributed by atoms with Gasteiger partial charge in [-0.2, -0.15) is 0 Å². The van der Waals surface area contributed by atoms with Crippen molar-refractivity contribution in [1.82, 2.24) is 10.2 Å². The van der Waals surface area contributed by atoms with E-state index < -0.39 is 0 Å². The third-order valence-corrected chi connectivity index (χ3v) is 7.11. The van der Waals surface area contributed by atoms with Crippen LogP contribution in [0.3, 0.4) is 0 Å². The van der Waals surface area contributed by atoms with Crippen molar-refractivity contribution in [3.63, 3.8) is 0 Å². The van der Waals surface area contributed by atoms with Gasteiger partial charge in [-0.3, -0.25) is 0 Å². The van der Waals surface area contributed by atoms with E-state index in [9.17, 15) is 0 Å². The van der Waals surface area contributed by atoms with Crippen LogP contribution in [0.15, 0.2) is 103 Å². The van der Waals surface area contributed by atoms with Gasteiger partial charge in [-0.25, -0.2) is 0 Å². The summed E-state index contributed by atoms with van der Waals surface area (Å²) in [6.07, 6.45) is 0.483. The molecule has 5 aromatic rings. The Labute approximate surface area is 249 Å². The number of benzene rings is 4. The number of hydrogen-bond acceptors (Lipinski definition) is 8. The SMILES string of the molecule is Cc1cc(Oc2ccc(-c3ccc(OCC4CO4)cc3)cc2)nnc1Oc1ccc(-c2ccc(OCC3CO3)cc2)cc1. The van der Waals surface area contributed by atoms with Crippen LogP contribution >= 0.6 is 0 Å². The molecule has 0 spiro atoms. The summed E-state index contributed by atoms with van der Waals surface area (Å²) in [5, 5.41) is 8.48. The molecule has 7 rings (SSSR count). The lowest BCUT2D eigenvalue weighted by atomic mass is 10.1. The first-order chi connectivity index (χ1) is 21.1. The first-order valence-corrected chi connectivity index (χ1v) is 14.2. The molecule has 2 atom stereocenters. The zero-order valence-corrected chi connectivity index (χ0v) is 23.6. The Hall–Kier alpha value is -4.92. The molecule has 0 N–H and O–H groups in total. The normalized spacial score (nSPS) is 16.8. The van der Waals surface area contributed by atoms with Gasteiger partial charge in [0.2, 0.25) is 11.8 Å². The van der Waals surface area contributed by atoms with Crippen molar-refractivity contribution >= 4 is 0 Å². The highest BCUT2D eigenvalue weighted by molar-refractivity contribution is 5.66. The standard InChI is InChI=1S/C35H30N2O6/c1-23-18-34(42-30-14-6-26(7-15-30)24-2-10-28(11-3-24)38-19-32-21-40-32)36-37-35(23)43-31-16-8-27(9-17-31)25-4-12-29(13-5-25)39-20-33-22-41-33/h2-18,32-33H,19-22H2,1H3. The van der Waals surface area contributed by atoms with Crippen LogP contribution in [0.5, 0.6) is 34.8 Å². The van der Waals surface area contributed by atoms with Crippen molar-refractivity contribution < 1.29 is 28.4 Å². The first-order valence-electron chi connectivity index (χ1n) is 14.2. The zero-order chi connectivity index (χ0) is 29.0. The molecule has 2 fully saturated rings. The summed E-state index contributed by atoms with van der Waals surface area (Å²) >= 11 is 0. The maximum atomic E-state index is 6.01. The van der Waals surface area contributed by atoms with E-state index in [-0.39, 0.29) is 12.2 Å². The zero-order valence-electron chi connectivity index (χ0n) is 23.6. The van der Waals surface area contributed by atoms with Crippen LogP contribution < -0.4 is 18.9 Å². The predicted octanol–water partition coefficient (Wildman–Crippen LogP) is 7.26. The van der Waals surface area contributed by atoms with Crippen molar-refractivity contribution in [1.29, 1.82) is 0 Å². The first kappa shape index (κ1) is 26.9. The molecule has 3 heterocycles. The molecule has 4 aromatic carbocycles. The second-order valence-corrected chi connectivity index (χ2v) is 10.5. The van der Waals surface area contributed by atoms with Crippen LogP contribution in [-0.2, 0) is 9.47 Å². The lowest BCUT2D eigenvalue weighted by molar-refractivity contribution is 0.263. The van der Waals surface area contributed by atoms with E-state index >= 15 is 0 Å². The summed E-state index contributed by atoms with van der Waals surface area (Å²) in [6, 6.07) is 33.6. The number of nitrogens with zero attached hydrogens (tertiary/aromatic N) is 2. The van der Waals surface area contributed by atoms with Gasteiger partial charge >= 0.3 is 0 Å². The molecular weight excluding hydrogens is 544 g/mol. The highest BCUT2D eigenvalue weighted by Crippen LogP contribution is 2.31. The fraction of sp³-hybridized carbons (Fsp3) is 0.200. The van der Waals surface area contributed by atoms with E-state index in [1.165, 1.54) is 0 Å². The van der Waals surface area contributed by atoms with E-state index in [0.29, 0.717) is 36.5 Å². The van der Waals surface area contributed by atoms with Gasteiger partial charge in [-0.05, 0) is 77.7 Å². The van der Waals surface area contributed by atoms with E-state index in [1.54, 1.807) is 0 Å².